The zero-order chi connectivity index (χ0) is 31.8. The molecule has 45 heavy (non-hydrogen) atoms. The number of allylic oxidation sites excluding steroid dienone is 1. The molecule has 1 aliphatic heterocycles. The average Bonchev–Trinajstić information content (AvgIpc) is 3.49. The Kier molecular flexibility index (Phi) is 7.82. The van der Waals surface area contributed by atoms with Gasteiger partial charge in [0.1, 0.15) is 5.75 Å². The van der Waals surface area contributed by atoms with Crippen molar-refractivity contribution < 1.29 is 19.4 Å². The molecule has 6 rings (SSSR count). The van der Waals surface area contributed by atoms with Gasteiger partial charge in [-0.15, -0.1) is 0 Å². The van der Waals surface area contributed by atoms with Crippen molar-refractivity contribution in [2.24, 2.45) is 4.99 Å². The summed E-state index contributed by atoms with van der Waals surface area (Å²) in [7, 11) is 1.58. The van der Waals surface area contributed by atoms with E-state index in [1.807, 2.05) is 67.0 Å². The van der Waals surface area contributed by atoms with E-state index in [9.17, 15) is 19.5 Å². The van der Waals surface area contributed by atoms with Crippen LogP contribution >= 0.6 is 11.3 Å². The molecule has 2 aromatic heterocycles. The normalized spacial score (nSPS) is 14.6. The number of aryl methyl sites for hydroxylation is 1. The van der Waals surface area contributed by atoms with Gasteiger partial charge in [-0.1, -0.05) is 53.8 Å². The Balaban J connectivity index is 1.48. The molecule has 1 N–H and O–H groups in total. The summed E-state index contributed by atoms with van der Waals surface area (Å²) in [6.07, 6.45) is 1.82. The highest BCUT2D eigenvalue weighted by Crippen LogP contribution is 2.32. The molecule has 1 amide bonds. The third-order valence-corrected chi connectivity index (χ3v) is 8.81. The fourth-order valence-corrected chi connectivity index (χ4v) is 6.72. The minimum atomic E-state index is -1.25. The summed E-state index contributed by atoms with van der Waals surface area (Å²) < 4.78 is 9.32. The zero-order valence-electron chi connectivity index (χ0n) is 25.0. The molecule has 5 aromatic rings. The number of para-hydroxylation sites is 1. The van der Waals surface area contributed by atoms with E-state index >= 15 is 0 Å². The summed E-state index contributed by atoms with van der Waals surface area (Å²) in [5, 5.41) is 14.4. The SMILES string of the molecule is COc1ccc(C2C(C(=O)Nc3ccccc3)=C(C)N=c3s/c(=C/c4cc(C)n(-c5cccc(C(=O)[O-])c5)c4C)c(=O)n32)cc1. The molecular weight excluding hydrogens is 588 g/mol. The number of anilines is 1. The molecule has 0 spiro atoms. The minimum absolute atomic E-state index is 0.0795. The van der Waals surface area contributed by atoms with Crippen molar-refractivity contribution in [1.82, 2.24) is 9.13 Å². The maximum Gasteiger partial charge on any atom is 0.271 e. The number of carbonyl (C=O) groups excluding carboxylic acids is 2. The number of nitrogens with one attached hydrogen (secondary N) is 1. The molecule has 0 saturated carbocycles. The molecule has 0 radical (unpaired) electrons. The van der Waals surface area contributed by atoms with Gasteiger partial charge in [-0.05, 0) is 86.0 Å². The second-order valence-electron chi connectivity index (χ2n) is 10.7. The van der Waals surface area contributed by atoms with Crippen molar-refractivity contribution in [1.29, 1.82) is 0 Å². The molecule has 10 heteroatoms. The second kappa shape index (κ2) is 11.9. The van der Waals surface area contributed by atoms with Crippen LogP contribution in [0.2, 0.25) is 0 Å². The third-order valence-electron chi connectivity index (χ3n) is 7.83. The lowest BCUT2D eigenvalue weighted by atomic mass is 9.95. The number of hydrogen-bond acceptors (Lipinski definition) is 7. The maximum absolute atomic E-state index is 14.2. The van der Waals surface area contributed by atoms with Crippen LogP contribution in [-0.4, -0.2) is 28.1 Å². The molecule has 3 aromatic carbocycles. The number of methoxy groups -OCH3 is 1. The Morgan fingerprint density at radius 1 is 0.978 bits per heavy atom. The van der Waals surface area contributed by atoms with E-state index in [1.54, 1.807) is 55.0 Å². The fraction of sp³-hybridized carbons (Fsp3) is 0.143. The summed E-state index contributed by atoms with van der Waals surface area (Å²) in [5.74, 6) is -0.943. The van der Waals surface area contributed by atoms with Crippen molar-refractivity contribution in [3.05, 3.63) is 144 Å². The monoisotopic (exact) mass is 617 g/mol. The summed E-state index contributed by atoms with van der Waals surface area (Å²) in [5.41, 5.74) is 5.24. The molecule has 0 bridgehead atoms. The standard InChI is InChI=1S/C35H30N4O5S/c1-20-17-25(22(3)38(20)27-12-8-9-24(18-27)34(42)43)19-29-33(41)39-31(23-13-15-28(44-4)16-14-23)30(21(2)36-35(39)45-29)32(40)37-26-10-6-5-7-11-26/h5-19,31H,1-4H3,(H,37,40)(H,42,43)/p-1/b29-19+. The van der Waals surface area contributed by atoms with Gasteiger partial charge in [0.2, 0.25) is 0 Å². The fourth-order valence-electron chi connectivity index (χ4n) is 5.68. The van der Waals surface area contributed by atoms with Crippen LogP contribution in [-0.2, 0) is 4.79 Å². The van der Waals surface area contributed by atoms with Gasteiger partial charge in [0, 0.05) is 22.8 Å². The van der Waals surface area contributed by atoms with Gasteiger partial charge in [0.05, 0.1) is 34.9 Å². The number of aromatic nitrogens is 2. The molecule has 0 saturated heterocycles. The van der Waals surface area contributed by atoms with Crippen molar-refractivity contribution in [3.8, 4) is 11.4 Å². The van der Waals surface area contributed by atoms with Gasteiger partial charge in [-0.2, -0.15) is 0 Å². The van der Waals surface area contributed by atoms with Gasteiger partial charge in [0.15, 0.2) is 4.80 Å². The highest BCUT2D eigenvalue weighted by molar-refractivity contribution is 7.07. The van der Waals surface area contributed by atoms with E-state index in [4.69, 9.17) is 9.73 Å². The van der Waals surface area contributed by atoms with E-state index in [0.717, 1.165) is 22.5 Å². The molecule has 9 nitrogen and oxygen atoms in total. The van der Waals surface area contributed by atoms with Crippen molar-refractivity contribution in [2.75, 3.05) is 12.4 Å². The molecular formula is C35H29N4O5S-. The van der Waals surface area contributed by atoms with Crippen molar-refractivity contribution in [3.63, 3.8) is 0 Å². The number of fused-ring (bicyclic) bond motifs is 1. The van der Waals surface area contributed by atoms with Crippen LogP contribution in [0.15, 0.2) is 106 Å². The predicted molar refractivity (Wildman–Crippen MR) is 171 cm³/mol. The minimum Gasteiger partial charge on any atom is -0.545 e. The Morgan fingerprint density at radius 3 is 2.40 bits per heavy atom. The summed E-state index contributed by atoms with van der Waals surface area (Å²) >= 11 is 1.25. The zero-order valence-corrected chi connectivity index (χ0v) is 25.8. The van der Waals surface area contributed by atoms with Gasteiger partial charge in [0.25, 0.3) is 11.5 Å². The first-order valence-electron chi connectivity index (χ1n) is 14.2. The van der Waals surface area contributed by atoms with Crippen LogP contribution < -0.4 is 30.1 Å². The number of amides is 1. The van der Waals surface area contributed by atoms with Crippen molar-refractivity contribution >= 4 is 35.0 Å². The maximum atomic E-state index is 14.2. The number of hydrogen-bond donors (Lipinski definition) is 1. The first-order valence-corrected chi connectivity index (χ1v) is 15.0. The van der Waals surface area contributed by atoms with Crippen LogP contribution in [0.25, 0.3) is 11.8 Å². The number of benzene rings is 3. The molecule has 0 fully saturated rings. The predicted octanol–water partition coefficient (Wildman–Crippen LogP) is 3.65. The van der Waals surface area contributed by atoms with Crippen LogP contribution in [0.4, 0.5) is 5.69 Å². The van der Waals surface area contributed by atoms with Gasteiger partial charge >= 0.3 is 0 Å². The summed E-state index contributed by atoms with van der Waals surface area (Å²) in [4.78, 5) is 44.6. The Labute approximate surface area is 262 Å². The van der Waals surface area contributed by atoms with Gasteiger partial charge in [-0.25, -0.2) is 4.99 Å². The second-order valence-corrected chi connectivity index (χ2v) is 11.7. The van der Waals surface area contributed by atoms with Crippen LogP contribution in [0.3, 0.4) is 0 Å². The van der Waals surface area contributed by atoms with Crippen LogP contribution in [0.5, 0.6) is 5.75 Å². The molecule has 226 valence electrons. The number of aromatic carboxylic acids is 1. The third kappa shape index (κ3) is 5.51. The molecule has 1 unspecified atom stereocenters. The van der Waals surface area contributed by atoms with Gasteiger partial charge in [-0.3, -0.25) is 14.2 Å². The topological polar surface area (TPSA) is 118 Å². The molecule has 3 heterocycles. The first kappa shape index (κ1) is 29.6. The Hall–Kier alpha value is -5.48. The van der Waals surface area contributed by atoms with Crippen LogP contribution in [0, 0.1) is 13.8 Å². The average molecular weight is 618 g/mol. The van der Waals surface area contributed by atoms with Crippen LogP contribution in [0.1, 0.15) is 45.8 Å². The van der Waals surface area contributed by atoms with Gasteiger partial charge < -0.3 is 24.5 Å². The highest BCUT2D eigenvalue weighted by atomic mass is 32.1. The van der Waals surface area contributed by atoms with E-state index in [2.05, 4.69) is 5.32 Å². The van der Waals surface area contributed by atoms with E-state index in [1.165, 1.54) is 17.4 Å². The Bertz CT molecular complexity index is 2170. The number of nitrogens with zero attached hydrogens (tertiary/aromatic N) is 3. The Morgan fingerprint density at radius 2 is 1.71 bits per heavy atom. The molecule has 1 aliphatic rings. The first-order chi connectivity index (χ1) is 21.7. The largest absolute Gasteiger partial charge is 0.545 e. The smallest absolute Gasteiger partial charge is 0.271 e. The quantitative estimate of drug-likeness (QED) is 0.299. The van der Waals surface area contributed by atoms with E-state index < -0.39 is 12.0 Å². The number of carbonyl (C=O) groups is 2. The number of carboxylic acid groups (broad SMARTS) is 1. The summed E-state index contributed by atoms with van der Waals surface area (Å²) in [6, 6.07) is 24.2. The van der Waals surface area contributed by atoms with Crippen molar-refractivity contribution in [2.45, 2.75) is 26.8 Å². The molecule has 1 atom stereocenters. The highest BCUT2D eigenvalue weighted by Gasteiger charge is 2.32. The molecule has 0 aliphatic carbocycles. The number of ether oxygens (including phenoxy) is 1. The summed E-state index contributed by atoms with van der Waals surface area (Å²) in [6.45, 7) is 5.61. The number of carboxylic acids is 1. The van der Waals surface area contributed by atoms with E-state index in [-0.39, 0.29) is 17.0 Å². The number of thiazole rings is 1. The number of rotatable bonds is 7. The lowest BCUT2D eigenvalue weighted by Gasteiger charge is -2.25. The lowest BCUT2D eigenvalue weighted by molar-refractivity contribution is -0.255. The van der Waals surface area contributed by atoms with E-state index in [0.29, 0.717) is 37.7 Å². The lowest BCUT2D eigenvalue weighted by Crippen LogP contribution is -2.40.